The molecule has 0 amide bonds. The second kappa shape index (κ2) is 7.52. The van der Waals surface area contributed by atoms with Crippen LogP contribution in [-0.4, -0.2) is 36.6 Å². The van der Waals surface area contributed by atoms with Crippen molar-refractivity contribution in [1.82, 2.24) is 19.7 Å². The molecule has 0 atom stereocenters. The number of carboxylic acids is 1. The van der Waals surface area contributed by atoms with Crippen LogP contribution in [0.2, 0.25) is 0 Å². The molecule has 2 N–H and O–H groups in total. The first kappa shape index (κ1) is 20.0. The maximum Gasteiger partial charge on any atom is 0.416 e. The molecule has 2 aromatic heterocycles. The number of hydrogen-bond acceptors (Lipinski definition) is 4. The van der Waals surface area contributed by atoms with Crippen molar-refractivity contribution in [3.8, 4) is 22.5 Å². The minimum absolute atomic E-state index is 0.135. The maximum absolute atomic E-state index is 13.5. The van der Waals surface area contributed by atoms with Crippen molar-refractivity contribution in [2.75, 3.05) is 5.75 Å². The number of aryl methyl sites for hydroxylation is 1. The summed E-state index contributed by atoms with van der Waals surface area (Å²) in [6, 6.07) is 11.1. The number of halogens is 3. The van der Waals surface area contributed by atoms with Gasteiger partial charge in [-0.25, -0.2) is 0 Å². The van der Waals surface area contributed by atoms with Crippen molar-refractivity contribution < 1.29 is 23.1 Å². The number of nitrogens with one attached hydrogen (secondary N) is 1. The number of aromatic amines is 1. The lowest BCUT2D eigenvalue weighted by atomic mass is 9.98. The van der Waals surface area contributed by atoms with Crippen LogP contribution in [0.4, 0.5) is 13.2 Å². The first-order valence-electron chi connectivity index (χ1n) is 8.76. The van der Waals surface area contributed by atoms with E-state index in [1.807, 2.05) is 36.0 Å². The third kappa shape index (κ3) is 4.04. The highest BCUT2D eigenvalue weighted by Gasteiger charge is 2.31. The molecule has 2 aromatic carbocycles. The van der Waals surface area contributed by atoms with E-state index < -0.39 is 17.7 Å². The molecular formula is C20H15F3N4O2S. The van der Waals surface area contributed by atoms with E-state index in [0.29, 0.717) is 11.1 Å². The monoisotopic (exact) mass is 432 g/mol. The number of fused-ring (bicyclic) bond motifs is 1. The Labute approximate surface area is 172 Å². The fourth-order valence-corrected chi connectivity index (χ4v) is 3.66. The molecule has 0 aliphatic carbocycles. The molecule has 0 bridgehead atoms. The van der Waals surface area contributed by atoms with E-state index in [1.165, 1.54) is 0 Å². The third-order valence-corrected chi connectivity index (χ3v) is 5.40. The highest BCUT2D eigenvalue weighted by Crippen LogP contribution is 2.36. The van der Waals surface area contributed by atoms with Crippen LogP contribution in [0.3, 0.4) is 0 Å². The lowest BCUT2D eigenvalue weighted by molar-refractivity contribution is -0.137. The summed E-state index contributed by atoms with van der Waals surface area (Å²) in [5, 5.41) is 17.6. The van der Waals surface area contributed by atoms with Crippen molar-refractivity contribution in [3.05, 3.63) is 54.2 Å². The lowest BCUT2D eigenvalue weighted by Crippen LogP contribution is -2.05. The number of carbonyl (C=O) groups is 1. The predicted octanol–water partition coefficient (Wildman–Crippen LogP) is 4.83. The summed E-state index contributed by atoms with van der Waals surface area (Å²) in [6.07, 6.45) is -2.65. The van der Waals surface area contributed by atoms with Gasteiger partial charge in [0.25, 0.3) is 0 Å². The number of carboxylic acid groups (broad SMARTS) is 1. The molecular weight excluding hydrogens is 417 g/mol. The number of benzene rings is 2. The minimum atomic E-state index is -4.54. The lowest BCUT2D eigenvalue weighted by Gasteiger charge is -2.12. The zero-order chi connectivity index (χ0) is 21.5. The quantitative estimate of drug-likeness (QED) is 0.442. The Morgan fingerprint density at radius 1 is 1.10 bits per heavy atom. The molecule has 4 aromatic rings. The number of hydrogen-bond donors (Lipinski definition) is 2. The van der Waals surface area contributed by atoms with Crippen molar-refractivity contribution in [1.29, 1.82) is 0 Å². The maximum atomic E-state index is 13.5. The Bertz CT molecular complexity index is 1250. The Morgan fingerprint density at radius 3 is 2.60 bits per heavy atom. The molecule has 0 aliphatic rings. The van der Waals surface area contributed by atoms with Crippen LogP contribution in [0.25, 0.3) is 33.4 Å². The first-order valence-corrected chi connectivity index (χ1v) is 9.74. The van der Waals surface area contributed by atoms with Crippen LogP contribution in [0.1, 0.15) is 5.56 Å². The summed E-state index contributed by atoms with van der Waals surface area (Å²) in [7, 11) is 1.90. The van der Waals surface area contributed by atoms with E-state index in [4.69, 9.17) is 5.11 Å². The Morgan fingerprint density at radius 2 is 1.87 bits per heavy atom. The number of alkyl halides is 3. The van der Waals surface area contributed by atoms with Gasteiger partial charge in [-0.2, -0.15) is 13.2 Å². The second-order valence-corrected chi connectivity index (χ2v) is 7.62. The second-order valence-electron chi connectivity index (χ2n) is 6.66. The standard InChI is InChI=1S/C20H15F3N4O2S/c1-27-5-4-12-6-11(2-3-16(12)27)13-7-14(9-15(8-13)20(21,22)23)18-24-19(26-25-18)30-10-17(28)29/h2-9H,10H2,1H3,(H,28,29)(H,24,25,26). The molecule has 0 fully saturated rings. The summed E-state index contributed by atoms with van der Waals surface area (Å²) in [5.41, 5.74) is 1.41. The number of rotatable bonds is 5. The van der Waals surface area contributed by atoms with Gasteiger partial charge in [0.15, 0.2) is 11.0 Å². The van der Waals surface area contributed by atoms with Crippen LogP contribution < -0.4 is 0 Å². The zero-order valence-electron chi connectivity index (χ0n) is 15.6. The number of thioether (sulfide) groups is 1. The third-order valence-electron chi connectivity index (χ3n) is 4.55. The van der Waals surface area contributed by atoms with Crippen molar-refractivity contribution in [2.45, 2.75) is 11.3 Å². The summed E-state index contributed by atoms with van der Waals surface area (Å²) >= 11 is 0.905. The molecule has 0 radical (unpaired) electrons. The molecule has 0 saturated carbocycles. The summed E-state index contributed by atoms with van der Waals surface area (Å²) in [5.74, 6) is -1.13. The molecule has 30 heavy (non-hydrogen) atoms. The number of aromatic nitrogens is 4. The van der Waals surface area contributed by atoms with Crippen LogP contribution in [0.5, 0.6) is 0 Å². The molecule has 154 valence electrons. The highest BCUT2D eigenvalue weighted by atomic mass is 32.2. The van der Waals surface area contributed by atoms with Gasteiger partial charge in [0, 0.05) is 29.7 Å². The van der Waals surface area contributed by atoms with Crippen molar-refractivity contribution in [3.63, 3.8) is 0 Å². The largest absolute Gasteiger partial charge is 0.481 e. The van der Waals surface area contributed by atoms with Crippen LogP contribution in [-0.2, 0) is 18.0 Å². The average molecular weight is 432 g/mol. The van der Waals surface area contributed by atoms with Gasteiger partial charge < -0.3 is 14.7 Å². The van der Waals surface area contributed by atoms with Gasteiger partial charge in [-0.15, -0.1) is 10.2 Å². The molecule has 0 spiro atoms. The molecule has 0 unspecified atom stereocenters. The van der Waals surface area contributed by atoms with Gasteiger partial charge >= 0.3 is 12.1 Å². The summed E-state index contributed by atoms with van der Waals surface area (Å²) in [6.45, 7) is 0. The van der Waals surface area contributed by atoms with E-state index in [1.54, 1.807) is 12.1 Å². The van der Waals surface area contributed by atoms with Crippen LogP contribution in [0, 0.1) is 0 Å². The molecule has 0 saturated heterocycles. The van der Waals surface area contributed by atoms with Gasteiger partial charge in [0.1, 0.15) is 0 Å². The van der Waals surface area contributed by atoms with Gasteiger partial charge in [0.05, 0.1) is 11.3 Å². The topological polar surface area (TPSA) is 83.8 Å². The Balaban J connectivity index is 1.78. The number of H-pyrrole nitrogens is 1. The number of aliphatic carboxylic acids is 1. The normalized spacial score (nSPS) is 11.9. The van der Waals surface area contributed by atoms with E-state index in [-0.39, 0.29) is 22.3 Å². The SMILES string of the molecule is Cn1ccc2cc(-c3cc(-c4nnc(SCC(=O)O)[nH]4)cc(C(F)(F)F)c3)ccc21. The van der Waals surface area contributed by atoms with Gasteiger partial charge in [-0.3, -0.25) is 4.79 Å². The predicted molar refractivity (Wildman–Crippen MR) is 107 cm³/mol. The molecule has 10 heteroatoms. The fraction of sp³-hybridized carbons (Fsp3) is 0.150. The highest BCUT2D eigenvalue weighted by molar-refractivity contribution is 7.99. The Kier molecular flexibility index (Phi) is 5.02. The van der Waals surface area contributed by atoms with Crippen molar-refractivity contribution >= 4 is 28.6 Å². The van der Waals surface area contributed by atoms with Crippen LogP contribution >= 0.6 is 11.8 Å². The minimum Gasteiger partial charge on any atom is -0.481 e. The Hall–Kier alpha value is -3.27. The average Bonchev–Trinajstić information content (AvgIpc) is 3.32. The summed E-state index contributed by atoms with van der Waals surface area (Å²) < 4.78 is 42.5. The van der Waals surface area contributed by atoms with Crippen molar-refractivity contribution in [2.24, 2.45) is 7.05 Å². The van der Waals surface area contributed by atoms with Gasteiger partial charge in [-0.1, -0.05) is 17.8 Å². The van der Waals surface area contributed by atoms with E-state index >= 15 is 0 Å². The zero-order valence-corrected chi connectivity index (χ0v) is 16.4. The molecule has 6 nitrogen and oxygen atoms in total. The smallest absolute Gasteiger partial charge is 0.416 e. The molecule has 2 heterocycles. The van der Waals surface area contributed by atoms with E-state index in [9.17, 15) is 18.0 Å². The van der Waals surface area contributed by atoms with Gasteiger partial charge in [-0.05, 0) is 47.5 Å². The first-order chi connectivity index (χ1) is 14.2. The summed E-state index contributed by atoms with van der Waals surface area (Å²) in [4.78, 5) is 13.5. The van der Waals surface area contributed by atoms with Gasteiger partial charge in [0.2, 0.25) is 0 Å². The van der Waals surface area contributed by atoms with E-state index in [0.717, 1.165) is 34.8 Å². The van der Waals surface area contributed by atoms with Crippen LogP contribution in [0.15, 0.2) is 53.8 Å². The molecule has 4 rings (SSSR count). The molecule has 0 aliphatic heterocycles. The number of nitrogens with zero attached hydrogens (tertiary/aromatic N) is 3. The fourth-order valence-electron chi connectivity index (χ4n) is 3.13. The van der Waals surface area contributed by atoms with E-state index in [2.05, 4.69) is 15.2 Å².